The molecule has 0 heterocycles. The van der Waals surface area contributed by atoms with Gasteiger partial charge in [-0.15, -0.1) is 0 Å². The van der Waals surface area contributed by atoms with Gasteiger partial charge in [0.25, 0.3) is 0 Å². The van der Waals surface area contributed by atoms with Gasteiger partial charge in [-0.05, 0) is 55.0 Å². The van der Waals surface area contributed by atoms with Crippen LogP contribution in [0.25, 0.3) is 6.08 Å². The van der Waals surface area contributed by atoms with Gasteiger partial charge in [-0.1, -0.05) is 84.9 Å². The molecule has 0 aliphatic carbocycles. The molecule has 0 fully saturated rings. The third-order valence-electron chi connectivity index (χ3n) is 5.33. The largest absolute Gasteiger partial charge is 0.489 e. The number of benzene rings is 3. The second-order valence-corrected chi connectivity index (χ2v) is 7.80. The van der Waals surface area contributed by atoms with Gasteiger partial charge in [0.05, 0.1) is 5.41 Å². The molecule has 0 aliphatic heterocycles. The fourth-order valence-corrected chi connectivity index (χ4v) is 3.23. The van der Waals surface area contributed by atoms with E-state index in [9.17, 15) is 9.90 Å². The van der Waals surface area contributed by atoms with Gasteiger partial charge < -0.3 is 9.84 Å². The van der Waals surface area contributed by atoms with Crippen LogP contribution in [-0.2, 0) is 17.8 Å². The predicted octanol–water partition coefficient (Wildman–Crippen LogP) is 6.39. The second-order valence-electron chi connectivity index (χ2n) is 7.80. The number of carboxylic acids is 1. The first-order valence-electron chi connectivity index (χ1n) is 10.3. The van der Waals surface area contributed by atoms with E-state index in [4.69, 9.17) is 4.74 Å². The van der Waals surface area contributed by atoms with Gasteiger partial charge in [-0.3, -0.25) is 4.79 Å². The Morgan fingerprint density at radius 3 is 2.17 bits per heavy atom. The lowest BCUT2D eigenvalue weighted by Crippen LogP contribution is -2.27. The Kier molecular flexibility index (Phi) is 7.45. The lowest BCUT2D eigenvalue weighted by atomic mass is 9.81. The first kappa shape index (κ1) is 21.4. The third kappa shape index (κ3) is 6.35. The molecule has 0 aliphatic rings. The average molecular weight is 401 g/mol. The fraction of sp³-hybridized carbons (Fsp3) is 0.222. The van der Waals surface area contributed by atoms with Crippen LogP contribution in [0.3, 0.4) is 0 Å². The van der Waals surface area contributed by atoms with Crippen molar-refractivity contribution >= 4 is 12.0 Å². The Balaban J connectivity index is 1.53. The molecule has 1 unspecified atom stereocenters. The van der Waals surface area contributed by atoms with Crippen LogP contribution in [0.1, 0.15) is 36.5 Å². The molecule has 3 rings (SSSR count). The minimum atomic E-state index is -0.798. The van der Waals surface area contributed by atoms with Crippen LogP contribution in [0, 0.1) is 5.41 Å². The summed E-state index contributed by atoms with van der Waals surface area (Å²) in [5, 5.41) is 9.78. The van der Waals surface area contributed by atoms with Crippen molar-refractivity contribution in [1.82, 2.24) is 0 Å². The molecule has 3 heteroatoms. The van der Waals surface area contributed by atoms with Gasteiger partial charge in [0.1, 0.15) is 12.4 Å². The van der Waals surface area contributed by atoms with Crippen molar-refractivity contribution < 1.29 is 14.6 Å². The van der Waals surface area contributed by atoms with E-state index >= 15 is 0 Å². The topological polar surface area (TPSA) is 46.5 Å². The van der Waals surface area contributed by atoms with Crippen molar-refractivity contribution in [2.24, 2.45) is 5.41 Å². The standard InChI is InChI=1S/C27H28O3/c1-27(26(28)29,19-8-13-22-9-4-2-5-10-22)20-18-23-14-16-25(17-15-23)30-21-24-11-6-3-7-12-24/h2-17H,18-21H2,1H3,(H,28,29). The summed E-state index contributed by atoms with van der Waals surface area (Å²) >= 11 is 0. The lowest BCUT2D eigenvalue weighted by Gasteiger charge is -2.23. The maximum atomic E-state index is 11.9. The van der Waals surface area contributed by atoms with E-state index in [-0.39, 0.29) is 0 Å². The van der Waals surface area contributed by atoms with Crippen LogP contribution in [0.4, 0.5) is 0 Å². The van der Waals surface area contributed by atoms with Crippen molar-refractivity contribution in [3.05, 3.63) is 108 Å². The van der Waals surface area contributed by atoms with Crippen LogP contribution in [0.5, 0.6) is 5.75 Å². The molecular weight excluding hydrogens is 372 g/mol. The molecule has 1 N–H and O–H groups in total. The highest BCUT2D eigenvalue weighted by Crippen LogP contribution is 2.30. The normalized spacial score (nSPS) is 13.1. The van der Waals surface area contributed by atoms with E-state index in [1.807, 2.05) is 104 Å². The van der Waals surface area contributed by atoms with Gasteiger partial charge in [0.2, 0.25) is 0 Å². The molecule has 154 valence electrons. The number of allylic oxidation sites excluding steroid dienone is 1. The zero-order valence-electron chi connectivity index (χ0n) is 17.3. The van der Waals surface area contributed by atoms with Crippen molar-refractivity contribution in [2.75, 3.05) is 0 Å². The van der Waals surface area contributed by atoms with Crippen LogP contribution in [0.2, 0.25) is 0 Å². The van der Waals surface area contributed by atoms with Gasteiger partial charge >= 0.3 is 5.97 Å². The number of aliphatic carboxylic acids is 1. The summed E-state index contributed by atoms with van der Waals surface area (Å²) in [4.78, 5) is 11.9. The van der Waals surface area contributed by atoms with Crippen molar-refractivity contribution in [2.45, 2.75) is 32.8 Å². The third-order valence-corrected chi connectivity index (χ3v) is 5.33. The van der Waals surface area contributed by atoms with E-state index < -0.39 is 11.4 Å². The second kappa shape index (κ2) is 10.4. The SMILES string of the molecule is CC(CC=Cc1ccccc1)(CCc1ccc(OCc2ccccc2)cc1)C(=O)O. The van der Waals surface area contributed by atoms with E-state index in [2.05, 4.69) is 0 Å². The Bertz CT molecular complexity index is 946. The molecule has 1 atom stereocenters. The first-order valence-corrected chi connectivity index (χ1v) is 10.3. The summed E-state index contributed by atoms with van der Waals surface area (Å²) in [6.07, 6.45) is 5.73. The zero-order valence-corrected chi connectivity index (χ0v) is 17.3. The van der Waals surface area contributed by atoms with E-state index in [1.54, 1.807) is 0 Å². The molecule has 0 saturated heterocycles. The van der Waals surface area contributed by atoms with Crippen LogP contribution in [0.15, 0.2) is 91.0 Å². The quantitative estimate of drug-likeness (QED) is 0.429. The summed E-state index contributed by atoms with van der Waals surface area (Å²) in [7, 11) is 0. The van der Waals surface area contributed by atoms with Gasteiger partial charge in [0.15, 0.2) is 0 Å². The zero-order chi connectivity index (χ0) is 21.2. The highest BCUT2D eigenvalue weighted by Gasteiger charge is 2.31. The van der Waals surface area contributed by atoms with Crippen LogP contribution in [-0.4, -0.2) is 11.1 Å². The number of hydrogen-bond acceptors (Lipinski definition) is 2. The van der Waals surface area contributed by atoms with E-state index in [0.717, 1.165) is 22.4 Å². The van der Waals surface area contributed by atoms with Gasteiger partial charge in [-0.2, -0.15) is 0 Å². The number of ether oxygens (including phenoxy) is 1. The molecule has 0 saturated carbocycles. The van der Waals surface area contributed by atoms with Crippen molar-refractivity contribution in [1.29, 1.82) is 0 Å². The Morgan fingerprint density at radius 1 is 0.900 bits per heavy atom. The average Bonchev–Trinajstić information content (AvgIpc) is 2.78. The first-order chi connectivity index (χ1) is 14.5. The minimum absolute atomic E-state index is 0.496. The van der Waals surface area contributed by atoms with Gasteiger partial charge in [0, 0.05) is 0 Å². The molecule has 3 nitrogen and oxygen atoms in total. The predicted molar refractivity (Wildman–Crippen MR) is 121 cm³/mol. The Hall–Kier alpha value is -3.33. The molecule has 0 radical (unpaired) electrons. The smallest absolute Gasteiger partial charge is 0.309 e. The van der Waals surface area contributed by atoms with E-state index in [0.29, 0.717) is 25.9 Å². The molecule has 30 heavy (non-hydrogen) atoms. The monoisotopic (exact) mass is 400 g/mol. The molecule has 0 amide bonds. The molecule has 0 spiro atoms. The Labute approximate surface area is 178 Å². The molecular formula is C27H28O3. The summed E-state index contributed by atoms with van der Waals surface area (Å²) in [6.45, 7) is 2.35. The number of aryl methyl sites for hydroxylation is 1. The highest BCUT2D eigenvalue weighted by molar-refractivity contribution is 5.74. The van der Waals surface area contributed by atoms with Crippen LogP contribution >= 0.6 is 0 Å². The number of carbonyl (C=O) groups is 1. The maximum Gasteiger partial charge on any atom is 0.309 e. The summed E-state index contributed by atoms with van der Waals surface area (Å²) in [6, 6.07) is 27.9. The summed E-state index contributed by atoms with van der Waals surface area (Å²) < 4.78 is 5.82. The summed E-state index contributed by atoms with van der Waals surface area (Å²) in [5.74, 6) is 0.0532. The molecule has 0 aromatic heterocycles. The molecule has 3 aromatic carbocycles. The molecule has 3 aromatic rings. The van der Waals surface area contributed by atoms with Crippen LogP contribution < -0.4 is 4.74 Å². The fourth-order valence-electron chi connectivity index (χ4n) is 3.23. The van der Waals surface area contributed by atoms with Crippen molar-refractivity contribution in [3.8, 4) is 5.75 Å². The maximum absolute atomic E-state index is 11.9. The van der Waals surface area contributed by atoms with E-state index in [1.165, 1.54) is 0 Å². The number of rotatable bonds is 10. The molecule has 0 bridgehead atoms. The number of carboxylic acid groups (broad SMARTS) is 1. The summed E-state index contributed by atoms with van der Waals surface area (Å²) in [5.41, 5.74) is 2.52. The van der Waals surface area contributed by atoms with Gasteiger partial charge in [-0.25, -0.2) is 0 Å². The lowest BCUT2D eigenvalue weighted by molar-refractivity contribution is -0.148. The Morgan fingerprint density at radius 2 is 1.53 bits per heavy atom. The highest BCUT2D eigenvalue weighted by atomic mass is 16.5. The minimum Gasteiger partial charge on any atom is -0.489 e. The number of hydrogen-bond donors (Lipinski definition) is 1. The van der Waals surface area contributed by atoms with Crippen molar-refractivity contribution in [3.63, 3.8) is 0 Å².